The van der Waals surface area contributed by atoms with Gasteiger partial charge < -0.3 is 4.90 Å². The van der Waals surface area contributed by atoms with E-state index in [0.717, 1.165) is 53.4 Å². The summed E-state index contributed by atoms with van der Waals surface area (Å²) in [5, 5.41) is 5.90. The lowest BCUT2D eigenvalue weighted by Gasteiger charge is -2.18. The van der Waals surface area contributed by atoms with Crippen LogP contribution in [0.2, 0.25) is 0 Å². The molecule has 38 heavy (non-hydrogen) atoms. The van der Waals surface area contributed by atoms with Gasteiger partial charge in [-0.3, -0.25) is 23.8 Å². The second-order valence-corrected chi connectivity index (χ2v) is 10.6. The topological polar surface area (TPSA) is 85.9 Å². The number of amides is 1. The van der Waals surface area contributed by atoms with Gasteiger partial charge in [-0.15, -0.1) is 0 Å². The maximum atomic E-state index is 13.7. The van der Waals surface area contributed by atoms with Gasteiger partial charge in [-0.1, -0.05) is 36.4 Å². The molecule has 3 aromatic heterocycles. The van der Waals surface area contributed by atoms with Crippen LogP contribution in [0.15, 0.2) is 71.8 Å². The van der Waals surface area contributed by atoms with Crippen molar-refractivity contribution < 1.29 is 4.79 Å². The van der Waals surface area contributed by atoms with E-state index in [1.165, 1.54) is 0 Å². The van der Waals surface area contributed by atoms with Crippen molar-refractivity contribution in [1.29, 1.82) is 0 Å². The lowest BCUT2D eigenvalue weighted by atomic mass is 10.0. The normalized spacial score (nSPS) is 17.5. The molecule has 8 nitrogen and oxygen atoms in total. The Kier molecular flexibility index (Phi) is 5.35. The molecule has 1 unspecified atom stereocenters. The number of aromatic nitrogens is 5. The Morgan fingerprint density at radius 2 is 1.79 bits per heavy atom. The zero-order valence-electron chi connectivity index (χ0n) is 21.2. The van der Waals surface area contributed by atoms with Gasteiger partial charge in [0.2, 0.25) is 5.91 Å². The van der Waals surface area contributed by atoms with Crippen molar-refractivity contribution in [1.82, 2.24) is 29.2 Å². The quantitative estimate of drug-likeness (QED) is 0.357. The third-order valence-electron chi connectivity index (χ3n) is 7.89. The molecule has 190 valence electrons. The summed E-state index contributed by atoms with van der Waals surface area (Å²) in [5.41, 5.74) is 4.52. The number of carbonyl (C=O) groups excluding carboxylic acids is 1. The summed E-state index contributed by atoms with van der Waals surface area (Å²) in [5.74, 6) is 1.35. The minimum Gasteiger partial charge on any atom is -0.342 e. The molecule has 0 bridgehead atoms. The first-order valence-corrected chi connectivity index (χ1v) is 13.2. The Labute approximate surface area is 219 Å². The number of likely N-dealkylation sites (tertiary alicyclic amines) is 1. The molecular weight excluding hydrogens is 476 g/mol. The lowest BCUT2D eigenvalue weighted by Crippen LogP contribution is -2.32. The number of hydrogen-bond acceptors (Lipinski definition) is 5. The molecule has 0 radical (unpaired) electrons. The molecule has 1 aliphatic heterocycles. The van der Waals surface area contributed by atoms with Crippen LogP contribution in [-0.4, -0.2) is 48.2 Å². The maximum absolute atomic E-state index is 13.7. The van der Waals surface area contributed by atoms with Gasteiger partial charge in [0, 0.05) is 49.7 Å². The minimum absolute atomic E-state index is 0.0869. The third kappa shape index (κ3) is 3.97. The highest BCUT2D eigenvalue weighted by Crippen LogP contribution is 2.33. The first kappa shape index (κ1) is 22.8. The van der Waals surface area contributed by atoms with E-state index in [-0.39, 0.29) is 23.3 Å². The van der Waals surface area contributed by atoms with Crippen LogP contribution in [0.3, 0.4) is 0 Å². The molecule has 1 aliphatic carbocycles. The van der Waals surface area contributed by atoms with Crippen molar-refractivity contribution in [3.05, 3.63) is 77.3 Å². The van der Waals surface area contributed by atoms with Crippen LogP contribution in [0.4, 0.5) is 0 Å². The summed E-state index contributed by atoms with van der Waals surface area (Å²) in [7, 11) is 1.80. The molecule has 7 rings (SSSR count). The molecule has 4 heterocycles. The van der Waals surface area contributed by atoms with Crippen molar-refractivity contribution in [3.63, 3.8) is 0 Å². The zero-order chi connectivity index (χ0) is 25.8. The van der Waals surface area contributed by atoms with Gasteiger partial charge >= 0.3 is 0 Å². The molecular formula is C30H28N6O2. The third-order valence-corrected chi connectivity index (χ3v) is 7.89. The SMILES string of the molecule is Cn1ncc2c(=O)n(CC3CCN(C(=O)C4CC4)C3)c(-c3ccc(-c4ccc5ncccc5c4)cc3)nc21. The zero-order valence-corrected chi connectivity index (χ0v) is 21.2. The number of benzene rings is 2. The maximum Gasteiger partial charge on any atom is 0.264 e. The number of fused-ring (bicyclic) bond motifs is 2. The van der Waals surface area contributed by atoms with Gasteiger partial charge in [-0.25, -0.2) is 4.98 Å². The standard InChI is InChI=1S/C30H28N6O2/c1-34-28-25(16-32-34)30(38)36(18-19-12-14-35(17-19)29(37)22-8-9-22)27(33-28)21-6-4-20(5-7-21)23-10-11-26-24(15-23)3-2-13-31-26/h2-7,10-11,13,15-16,19,22H,8-9,12,14,17-18H2,1H3. The Bertz CT molecular complexity index is 1750. The average Bonchev–Trinajstić information content (AvgIpc) is 3.59. The van der Waals surface area contributed by atoms with Gasteiger partial charge in [0.25, 0.3) is 5.56 Å². The molecule has 2 aromatic carbocycles. The smallest absolute Gasteiger partial charge is 0.264 e. The summed E-state index contributed by atoms with van der Waals surface area (Å²) in [4.78, 5) is 37.6. The second kappa shape index (κ2) is 8.90. The highest BCUT2D eigenvalue weighted by molar-refractivity contribution is 5.85. The molecule has 1 atom stereocenters. The Morgan fingerprint density at radius 1 is 1.00 bits per heavy atom. The van der Waals surface area contributed by atoms with E-state index < -0.39 is 0 Å². The number of nitrogens with zero attached hydrogens (tertiary/aromatic N) is 6. The molecule has 2 fully saturated rings. The van der Waals surface area contributed by atoms with E-state index in [0.29, 0.717) is 29.9 Å². The highest BCUT2D eigenvalue weighted by Gasteiger charge is 2.37. The van der Waals surface area contributed by atoms with E-state index >= 15 is 0 Å². The second-order valence-electron chi connectivity index (χ2n) is 10.6. The lowest BCUT2D eigenvalue weighted by molar-refractivity contribution is -0.131. The van der Waals surface area contributed by atoms with Crippen LogP contribution in [-0.2, 0) is 18.4 Å². The Morgan fingerprint density at radius 3 is 2.61 bits per heavy atom. The number of hydrogen-bond donors (Lipinski definition) is 0. The predicted octanol–water partition coefficient (Wildman–Crippen LogP) is 4.27. The average molecular weight is 505 g/mol. The highest BCUT2D eigenvalue weighted by atomic mass is 16.2. The molecule has 0 spiro atoms. The summed E-state index contributed by atoms with van der Waals surface area (Å²) in [6.45, 7) is 1.99. The summed E-state index contributed by atoms with van der Waals surface area (Å²) in [6, 6.07) is 18.5. The van der Waals surface area contributed by atoms with Crippen LogP contribution in [0.5, 0.6) is 0 Å². The van der Waals surface area contributed by atoms with Gasteiger partial charge in [-0.05, 0) is 54.5 Å². The summed E-state index contributed by atoms with van der Waals surface area (Å²) >= 11 is 0. The van der Waals surface area contributed by atoms with Crippen molar-refractivity contribution in [2.75, 3.05) is 13.1 Å². The van der Waals surface area contributed by atoms with Crippen LogP contribution >= 0.6 is 0 Å². The summed E-state index contributed by atoms with van der Waals surface area (Å²) in [6.07, 6.45) is 6.32. The van der Waals surface area contributed by atoms with Crippen molar-refractivity contribution in [2.24, 2.45) is 18.9 Å². The van der Waals surface area contributed by atoms with Crippen LogP contribution in [0.25, 0.3) is 44.5 Å². The first-order chi connectivity index (χ1) is 18.5. The predicted molar refractivity (Wildman–Crippen MR) is 146 cm³/mol. The van der Waals surface area contributed by atoms with Gasteiger partial charge in [0.05, 0.1) is 11.7 Å². The minimum atomic E-state index is -0.0869. The van der Waals surface area contributed by atoms with Crippen molar-refractivity contribution >= 4 is 27.8 Å². The van der Waals surface area contributed by atoms with Crippen molar-refractivity contribution in [2.45, 2.75) is 25.8 Å². The van der Waals surface area contributed by atoms with E-state index in [1.54, 1.807) is 28.7 Å². The molecule has 5 aromatic rings. The van der Waals surface area contributed by atoms with E-state index in [9.17, 15) is 9.59 Å². The summed E-state index contributed by atoms with van der Waals surface area (Å²) < 4.78 is 3.43. The van der Waals surface area contributed by atoms with Crippen LogP contribution < -0.4 is 5.56 Å². The van der Waals surface area contributed by atoms with Crippen LogP contribution in [0.1, 0.15) is 19.3 Å². The van der Waals surface area contributed by atoms with Gasteiger partial charge in [0.15, 0.2) is 5.65 Å². The fraction of sp³-hybridized carbons (Fsp3) is 0.300. The molecule has 0 N–H and O–H groups in total. The van der Waals surface area contributed by atoms with E-state index in [1.807, 2.05) is 29.2 Å². The Hall–Kier alpha value is -4.33. The van der Waals surface area contributed by atoms with Crippen molar-refractivity contribution in [3.8, 4) is 22.5 Å². The molecule has 1 amide bonds. The fourth-order valence-electron chi connectivity index (χ4n) is 5.60. The van der Waals surface area contributed by atoms with Gasteiger partial charge in [0.1, 0.15) is 11.2 Å². The number of pyridine rings is 1. The van der Waals surface area contributed by atoms with Crippen LogP contribution in [0, 0.1) is 11.8 Å². The first-order valence-electron chi connectivity index (χ1n) is 13.2. The number of aryl methyl sites for hydroxylation is 1. The molecule has 1 saturated carbocycles. The molecule has 8 heteroatoms. The molecule has 1 saturated heterocycles. The fourth-order valence-corrected chi connectivity index (χ4v) is 5.60. The number of rotatable bonds is 5. The monoisotopic (exact) mass is 504 g/mol. The number of carbonyl (C=O) groups is 1. The van der Waals surface area contributed by atoms with Gasteiger partial charge in [-0.2, -0.15) is 5.10 Å². The van der Waals surface area contributed by atoms with E-state index in [2.05, 4.69) is 40.4 Å². The molecule has 2 aliphatic rings. The van der Waals surface area contributed by atoms with E-state index in [4.69, 9.17) is 4.98 Å². The largest absolute Gasteiger partial charge is 0.342 e. The Balaban J connectivity index is 1.24.